The Kier molecular flexibility index (Phi) is 2.33. The lowest BCUT2D eigenvalue weighted by Crippen LogP contribution is -1.91. The number of carbonyl (C=O) groups is 1. The van der Waals surface area contributed by atoms with Crippen molar-refractivity contribution in [1.82, 2.24) is 0 Å². The standard InChI is InChI=1S/C9H9BrOS/c10-8-3-4-12-9(8)6-1-2-7(11)5-6/h3-4,6H,1-2,5H2. The van der Waals surface area contributed by atoms with Crippen LogP contribution in [-0.2, 0) is 4.79 Å². The molecule has 1 atom stereocenters. The van der Waals surface area contributed by atoms with Gasteiger partial charge < -0.3 is 0 Å². The largest absolute Gasteiger partial charge is 0.300 e. The Bertz CT molecular complexity index is 305. The van der Waals surface area contributed by atoms with E-state index in [-0.39, 0.29) is 0 Å². The van der Waals surface area contributed by atoms with Gasteiger partial charge in [0.2, 0.25) is 0 Å². The van der Waals surface area contributed by atoms with E-state index in [4.69, 9.17) is 0 Å². The third-order valence-electron chi connectivity index (χ3n) is 2.26. The number of thiophene rings is 1. The zero-order chi connectivity index (χ0) is 8.55. The summed E-state index contributed by atoms with van der Waals surface area (Å²) in [4.78, 5) is 12.4. The minimum absolute atomic E-state index is 0.417. The number of halogens is 1. The maximum absolute atomic E-state index is 11.0. The summed E-state index contributed by atoms with van der Waals surface area (Å²) in [5.41, 5.74) is 0. The molecular weight excluding hydrogens is 236 g/mol. The fourth-order valence-corrected chi connectivity index (χ4v) is 3.47. The van der Waals surface area contributed by atoms with Crippen molar-refractivity contribution in [3.05, 3.63) is 20.8 Å². The number of Topliss-reactive ketones (excluding diaryl/α,β-unsaturated/α-hetero) is 1. The van der Waals surface area contributed by atoms with Gasteiger partial charge in [0.25, 0.3) is 0 Å². The van der Waals surface area contributed by atoms with Crippen LogP contribution >= 0.6 is 27.3 Å². The molecule has 1 aliphatic rings. The van der Waals surface area contributed by atoms with E-state index < -0.39 is 0 Å². The van der Waals surface area contributed by atoms with Gasteiger partial charge in [-0.05, 0) is 33.8 Å². The van der Waals surface area contributed by atoms with Gasteiger partial charge in [0.1, 0.15) is 5.78 Å². The van der Waals surface area contributed by atoms with Crippen LogP contribution in [0.4, 0.5) is 0 Å². The molecule has 0 aromatic carbocycles. The van der Waals surface area contributed by atoms with Gasteiger partial charge in [-0.3, -0.25) is 4.79 Å². The summed E-state index contributed by atoms with van der Waals surface area (Å²) in [5, 5.41) is 2.07. The summed E-state index contributed by atoms with van der Waals surface area (Å²) in [6, 6.07) is 2.06. The van der Waals surface area contributed by atoms with Crippen molar-refractivity contribution in [2.45, 2.75) is 25.2 Å². The summed E-state index contributed by atoms with van der Waals surface area (Å²) < 4.78 is 1.17. The quantitative estimate of drug-likeness (QED) is 0.741. The first-order valence-corrected chi connectivity index (χ1v) is 5.69. The lowest BCUT2D eigenvalue weighted by atomic mass is 10.1. The zero-order valence-corrected chi connectivity index (χ0v) is 8.95. The van der Waals surface area contributed by atoms with Crippen LogP contribution in [0.5, 0.6) is 0 Å². The molecule has 1 fully saturated rings. The molecule has 0 aliphatic heterocycles. The molecule has 0 amide bonds. The summed E-state index contributed by atoms with van der Waals surface area (Å²) in [6.45, 7) is 0. The second-order valence-electron chi connectivity index (χ2n) is 3.11. The molecule has 0 radical (unpaired) electrons. The van der Waals surface area contributed by atoms with Gasteiger partial charge in [-0.1, -0.05) is 0 Å². The molecule has 1 nitrogen and oxygen atoms in total. The minimum Gasteiger partial charge on any atom is -0.300 e. The van der Waals surface area contributed by atoms with Crippen LogP contribution in [0.2, 0.25) is 0 Å². The lowest BCUT2D eigenvalue weighted by molar-refractivity contribution is -0.117. The van der Waals surface area contributed by atoms with E-state index in [1.807, 2.05) is 0 Å². The van der Waals surface area contributed by atoms with E-state index in [1.165, 1.54) is 9.35 Å². The van der Waals surface area contributed by atoms with Gasteiger partial charge in [-0.15, -0.1) is 11.3 Å². The van der Waals surface area contributed by atoms with Crippen LogP contribution < -0.4 is 0 Å². The van der Waals surface area contributed by atoms with Crippen LogP contribution in [0, 0.1) is 0 Å². The zero-order valence-electron chi connectivity index (χ0n) is 6.55. The molecule has 1 aliphatic carbocycles. The number of hydrogen-bond donors (Lipinski definition) is 0. The predicted molar refractivity (Wildman–Crippen MR) is 53.6 cm³/mol. The molecule has 0 saturated heterocycles. The molecule has 3 heteroatoms. The molecule has 0 spiro atoms. The highest BCUT2D eigenvalue weighted by Gasteiger charge is 2.25. The summed E-state index contributed by atoms with van der Waals surface area (Å²) in [7, 11) is 0. The van der Waals surface area contributed by atoms with Crippen molar-refractivity contribution in [3.8, 4) is 0 Å². The van der Waals surface area contributed by atoms with E-state index in [0.717, 1.165) is 19.3 Å². The van der Waals surface area contributed by atoms with Gasteiger partial charge in [0, 0.05) is 28.1 Å². The third kappa shape index (κ3) is 1.48. The maximum Gasteiger partial charge on any atom is 0.133 e. The first kappa shape index (κ1) is 8.45. The number of hydrogen-bond acceptors (Lipinski definition) is 2. The topological polar surface area (TPSA) is 17.1 Å². The Morgan fingerprint density at radius 3 is 2.92 bits per heavy atom. The van der Waals surface area contributed by atoms with Gasteiger partial charge in [-0.2, -0.15) is 0 Å². The van der Waals surface area contributed by atoms with Crippen molar-refractivity contribution in [3.63, 3.8) is 0 Å². The monoisotopic (exact) mass is 244 g/mol. The molecule has 1 saturated carbocycles. The SMILES string of the molecule is O=C1CCC(c2sccc2Br)C1. The molecule has 12 heavy (non-hydrogen) atoms. The molecule has 0 N–H and O–H groups in total. The smallest absolute Gasteiger partial charge is 0.133 e. The summed E-state index contributed by atoms with van der Waals surface area (Å²) in [5.74, 6) is 0.909. The molecule has 1 aromatic rings. The first-order valence-electron chi connectivity index (χ1n) is 4.02. The van der Waals surface area contributed by atoms with Gasteiger partial charge in [0.05, 0.1) is 0 Å². The van der Waals surface area contributed by atoms with E-state index in [9.17, 15) is 4.79 Å². The van der Waals surface area contributed by atoms with E-state index in [1.54, 1.807) is 11.3 Å². The fraction of sp³-hybridized carbons (Fsp3) is 0.444. The maximum atomic E-state index is 11.0. The molecule has 1 heterocycles. The van der Waals surface area contributed by atoms with Crippen molar-refractivity contribution in [2.24, 2.45) is 0 Å². The third-order valence-corrected chi connectivity index (χ3v) is 4.29. The molecule has 0 bridgehead atoms. The highest BCUT2D eigenvalue weighted by atomic mass is 79.9. The molecule has 64 valence electrons. The minimum atomic E-state index is 0.417. The first-order chi connectivity index (χ1) is 5.77. The van der Waals surface area contributed by atoms with Gasteiger partial charge in [0.15, 0.2) is 0 Å². The van der Waals surface area contributed by atoms with Crippen LogP contribution in [0.3, 0.4) is 0 Å². The van der Waals surface area contributed by atoms with Gasteiger partial charge in [-0.25, -0.2) is 0 Å². The van der Waals surface area contributed by atoms with E-state index >= 15 is 0 Å². The Morgan fingerprint density at radius 2 is 2.42 bits per heavy atom. The fourth-order valence-electron chi connectivity index (χ4n) is 1.63. The van der Waals surface area contributed by atoms with Crippen LogP contribution in [0.15, 0.2) is 15.9 Å². The van der Waals surface area contributed by atoms with Crippen molar-refractivity contribution >= 4 is 33.0 Å². The molecular formula is C9H9BrOS. The van der Waals surface area contributed by atoms with Crippen LogP contribution in [0.1, 0.15) is 30.1 Å². The summed E-state index contributed by atoms with van der Waals surface area (Å²) in [6.07, 6.45) is 2.56. The number of carbonyl (C=O) groups excluding carboxylic acids is 1. The average molecular weight is 245 g/mol. The number of rotatable bonds is 1. The normalized spacial score (nSPS) is 23.4. The van der Waals surface area contributed by atoms with E-state index in [0.29, 0.717) is 11.7 Å². The van der Waals surface area contributed by atoms with Crippen LogP contribution in [-0.4, -0.2) is 5.78 Å². The highest BCUT2D eigenvalue weighted by Crippen LogP contribution is 2.39. The summed E-state index contributed by atoms with van der Waals surface area (Å²) >= 11 is 5.25. The van der Waals surface area contributed by atoms with Crippen molar-refractivity contribution in [1.29, 1.82) is 0 Å². The average Bonchev–Trinajstić information content (AvgIpc) is 2.58. The Hall–Kier alpha value is -0.150. The molecule has 2 rings (SSSR count). The Balaban J connectivity index is 2.21. The Labute approximate surface area is 83.9 Å². The number of ketones is 1. The Morgan fingerprint density at radius 1 is 1.58 bits per heavy atom. The van der Waals surface area contributed by atoms with E-state index in [2.05, 4.69) is 27.4 Å². The van der Waals surface area contributed by atoms with Crippen molar-refractivity contribution in [2.75, 3.05) is 0 Å². The molecule has 1 aromatic heterocycles. The predicted octanol–water partition coefficient (Wildman–Crippen LogP) is 3.35. The van der Waals surface area contributed by atoms with Crippen molar-refractivity contribution < 1.29 is 4.79 Å². The van der Waals surface area contributed by atoms with Gasteiger partial charge >= 0.3 is 0 Å². The lowest BCUT2D eigenvalue weighted by Gasteiger charge is -2.04. The highest BCUT2D eigenvalue weighted by molar-refractivity contribution is 9.10. The van der Waals surface area contributed by atoms with Crippen LogP contribution in [0.25, 0.3) is 0 Å². The second kappa shape index (κ2) is 3.30. The molecule has 1 unspecified atom stereocenters. The second-order valence-corrected chi connectivity index (χ2v) is 4.91.